The number of anilines is 1. The van der Waals surface area contributed by atoms with Gasteiger partial charge in [-0.2, -0.15) is 0 Å². The number of rotatable bonds is 2. The van der Waals surface area contributed by atoms with Crippen LogP contribution in [-0.2, 0) is 3.79 Å². The van der Waals surface area contributed by atoms with Crippen molar-refractivity contribution in [2.45, 2.75) is 28.2 Å². The van der Waals surface area contributed by atoms with Crippen LogP contribution in [0.15, 0.2) is 11.2 Å². The fourth-order valence-corrected chi connectivity index (χ4v) is 2.60. The fourth-order valence-electron chi connectivity index (χ4n) is 1.93. The Morgan fingerprint density at radius 1 is 1.17 bits per heavy atom. The molecular formula is C11H14Cl3N3S. The Bertz CT molecular complexity index is 416. The summed E-state index contributed by atoms with van der Waals surface area (Å²) in [7, 11) is 0. The maximum atomic E-state index is 5.91. The van der Waals surface area contributed by atoms with Crippen LogP contribution in [0.1, 0.15) is 25.0 Å². The molecule has 1 aliphatic heterocycles. The lowest BCUT2D eigenvalue weighted by molar-refractivity contribution is 0.570. The molecule has 2 heterocycles. The first-order chi connectivity index (χ1) is 8.50. The molecule has 0 saturated carbocycles. The summed E-state index contributed by atoms with van der Waals surface area (Å²) in [6, 6.07) is 1.78. The molecule has 0 radical (unpaired) electrons. The third-order valence-corrected chi connectivity index (χ3v) is 3.97. The minimum absolute atomic E-state index is 0.437. The minimum Gasteiger partial charge on any atom is -0.356 e. The van der Waals surface area contributed by atoms with E-state index < -0.39 is 3.79 Å². The second-order valence-electron chi connectivity index (χ2n) is 4.14. The molecular weight excluding hydrogens is 313 g/mol. The smallest absolute Gasteiger partial charge is 0.232 e. The zero-order valence-electron chi connectivity index (χ0n) is 10.00. The number of thioether (sulfide) groups is 1. The molecule has 3 nitrogen and oxygen atoms in total. The SMILES string of the molecule is CSc1nc(N2CCCCC2)cc(C(Cl)(Cl)Cl)n1. The summed E-state index contributed by atoms with van der Waals surface area (Å²) in [5, 5.41) is 0.638. The number of aromatic nitrogens is 2. The summed E-state index contributed by atoms with van der Waals surface area (Å²) < 4.78 is -1.50. The first-order valence-corrected chi connectivity index (χ1v) is 8.12. The Morgan fingerprint density at radius 2 is 1.83 bits per heavy atom. The summed E-state index contributed by atoms with van der Waals surface area (Å²) in [6.07, 6.45) is 5.55. The molecule has 1 aromatic heterocycles. The maximum absolute atomic E-state index is 5.91. The van der Waals surface area contributed by atoms with Gasteiger partial charge < -0.3 is 4.90 Å². The van der Waals surface area contributed by atoms with E-state index >= 15 is 0 Å². The van der Waals surface area contributed by atoms with Crippen LogP contribution in [0.25, 0.3) is 0 Å². The lowest BCUT2D eigenvalue weighted by Crippen LogP contribution is -2.30. The van der Waals surface area contributed by atoms with Gasteiger partial charge in [0.25, 0.3) is 0 Å². The van der Waals surface area contributed by atoms with Crippen LogP contribution in [0.2, 0.25) is 0 Å². The van der Waals surface area contributed by atoms with E-state index in [0.717, 1.165) is 18.9 Å². The lowest BCUT2D eigenvalue weighted by atomic mass is 10.1. The Morgan fingerprint density at radius 3 is 2.39 bits per heavy atom. The lowest BCUT2D eigenvalue weighted by Gasteiger charge is -2.28. The van der Waals surface area contributed by atoms with Gasteiger partial charge in [-0.15, -0.1) is 0 Å². The largest absolute Gasteiger partial charge is 0.356 e. The van der Waals surface area contributed by atoms with Crippen molar-refractivity contribution in [2.24, 2.45) is 0 Å². The number of alkyl halides is 3. The summed E-state index contributed by atoms with van der Waals surface area (Å²) in [5.74, 6) is 0.857. The van der Waals surface area contributed by atoms with E-state index in [9.17, 15) is 0 Å². The third kappa shape index (κ3) is 3.56. The molecule has 0 unspecified atom stereocenters. The molecule has 1 aromatic rings. The Labute approximate surface area is 126 Å². The van der Waals surface area contributed by atoms with E-state index in [0.29, 0.717) is 10.9 Å². The molecule has 0 aliphatic carbocycles. The predicted octanol–water partition coefficient (Wildman–Crippen LogP) is 4.02. The van der Waals surface area contributed by atoms with Crippen molar-refractivity contribution >= 4 is 52.4 Å². The van der Waals surface area contributed by atoms with Crippen molar-refractivity contribution in [3.05, 3.63) is 11.8 Å². The zero-order chi connectivity index (χ0) is 13.2. The summed E-state index contributed by atoms with van der Waals surface area (Å²) in [6.45, 7) is 2.01. The highest BCUT2D eigenvalue weighted by Gasteiger charge is 2.27. The van der Waals surface area contributed by atoms with Gasteiger partial charge in [-0.1, -0.05) is 46.6 Å². The van der Waals surface area contributed by atoms with Crippen LogP contribution >= 0.6 is 46.6 Å². The molecule has 0 amide bonds. The number of piperidine rings is 1. The van der Waals surface area contributed by atoms with Crippen molar-refractivity contribution in [1.29, 1.82) is 0 Å². The van der Waals surface area contributed by atoms with Crippen molar-refractivity contribution in [3.8, 4) is 0 Å². The van der Waals surface area contributed by atoms with Gasteiger partial charge in [-0.3, -0.25) is 0 Å². The summed E-state index contributed by atoms with van der Waals surface area (Å²) in [5.41, 5.74) is 0.437. The average molecular weight is 327 g/mol. The Hall–Kier alpha value is 0.1000. The van der Waals surface area contributed by atoms with Gasteiger partial charge in [0.05, 0.1) is 5.69 Å². The standard InChI is InChI=1S/C11H14Cl3N3S/c1-18-10-15-8(11(12,13)14)7-9(16-10)17-5-3-2-4-6-17/h7H,2-6H2,1H3. The van der Waals surface area contributed by atoms with Crippen LogP contribution < -0.4 is 4.90 Å². The van der Waals surface area contributed by atoms with Gasteiger partial charge in [0.1, 0.15) is 5.82 Å². The van der Waals surface area contributed by atoms with Crippen LogP contribution in [0.3, 0.4) is 0 Å². The Balaban J connectivity index is 2.34. The summed E-state index contributed by atoms with van der Waals surface area (Å²) >= 11 is 19.2. The molecule has 1 fully saturated rings. The second kappa shape index (κ2) is 6.04. The molecule has 7 heteroatoms. The van der Waals surface area contributed by atoms with E-state index in [-0.39, 0.29) is 0 Å². The highest BCUT2D eigenvalue weighted by molar-refractivity contribution is 7.98. The van der Waals surface area contributed by atoms with Gasteiger partial charge in [0, 0.05) is 19.2 Å². The predicted molar refractivity (Wildman–Crippen MR) is 79.1 cm³/mol. The van der Waals surface area contributed by atoms with E-state index in [4.69, 9.17) is 34.8 Å². The molecule has 1 saturated heterocycles. The van der Waals surface area contributed by atoms with E-state index in [1.165, 1.54) is 31.0 Å². The first kappa shape index (κ1) is 14.5. The molecule has 0 spiro atoms. The molecule has 18 heavy (non-hydrogen) atoms. The number of nitrogens with zero attached hydrogens (tertiary/aromatic N) is 3. The second-order valence-corrected chi connectivity index (χ2v) is 7.20. The molecule has 0 bridgehead atoms. The van der Waals surface area contributed by atoms with Gasteiger partial charge in [-0.05, 0) is 25.5 Å². The van der Waals surface area contributed by atoms with Gasteiger partial charge in [0.2, 0.25) is 3.79 Å². The van der Waals surface area contributed by atoms with Crippen LogP contribution in [0.4, 0.5) is 5.82 Å². The quantitative estimate of drug-likeness (QED) is 0.466. The van der Waals surface area contributed by atoms with E-state index in [1.54, 1.807) is 6.07 Å². The van der Waals surface area contributed by atoms with Crippen molar-refractivity contribution in [1.82, 2.24) is 9.97 Å². The first-order valence-electron chi connectivity index (χ1n) is 5.76. The van der Waals surface area contributed by atoms with Crippen LogP contribution in [-0.4, -0.2) is 29.3 Å². The monoisotopic (exact) mass is 325 g/mol. The summed E-state index contributed by atoms with van der Waals surface area (Å²) in [4.78, 5) is 11.0. The molecule has 2 rings (SSSR count). The van der Waals surface area contributed by atoms with Crippen LogP contribution in [0, 0.1) is 0 Å². The van der Waals surface area contributed by atoms with E-state index in [1.807, 2.05) is 6.26 Å². The van der Waals surface area contributed by atoms with E-state index in [2.05, 4.69) is 14.9 Å². The zero-order valence-corrected chi connectivity index (χ0v) is 13.1. The molecule has 0 aromatic carbocycles. The van der Waals surface area contributed by atoms with Crippen LogP contribution in [0.5, 0.6) is 0 Å². The van der Waals surface area contributed by atoms with Gasteiger partial charge in [-0.25, -0.2) is 9.97 Å². The van der Waals surface area contributed by atoms with Crippen molar-refractivity contribution in [3.63, 3.8) is 0 Å². The Kier molecular flexibility index (Phi) is 4.86. The fraction of sp³-hybridized carbons (Fsp3) is 0.636. The van der Waals surface area contributed by atoms with Crippen molar-refractivity contribution < 1.29 is 0 Å². The minimum atomic E-state index is -1.50. The maximum Gasteiger partial charge on any atom is 0.232 e. The normalized spacial score (nSPS) is 17.0. The molecule has 100 valence electrons. The third-order valence-electron chi connectivity index (χ3n) is 2.85. The number of hydrogen-bond donors (Lipinski definition) is 0. The highest BCUT2D eigenvalue weighted by Crippen LogP contribution is 2.38. The number of hydrogen-bond acceptors (Lipinski definition) is 4. The molecule has 0 N–H and O–H groups in total. The average Bonchev–Trinajstić information content (AvgIpc) is 2.38. The highest BCUT2D eigenvalue weighted by atomic mass is 35.6. The topological polar surface area (TPSA) is 29.0 Å². The van der Waals surface area contributed by atoms with Gasteiger partial charge >= 0.3 is 0 Å². The van der Waals surface area contributed by atoms with Gasteiger partial charge in [0.15, 0.2) is 5.16 Å². The molecule has 0 atom stereocenters. The number of halogens is 3. The molecule has 1 aliphatic rings. The van der Waals surface area contributed by atoms with Crippen molar-refractivity contribution in [2.75, 3.05) is 24.2 Å².